The van der Waals surface area contributed by atoms with Crippen molar-refractivity contribution < 1.29 is 29.4 Å². The molecule has 12 heteroatoms. The number of amides is 3. The molecular formula is C18H35N5O6S. The average Bonchev–Trinajstić information content (AvgIpc) is 2.66. The highest BCUT2D eigenvalue weighted by molar-refractivity contribution is 7.80. The molecule has 11 nitrogen and oxygen atoms in total. The van der Waals surface area contributed by atoms with E-state index < -0.39 is 59.9 Å². The van der Waals surface area contributed by atoms with Gasteiger partial charge in [0.25, 0.3) is 0 Å². The minimum atomic E-state index is -1.42. The Balaban J connectivity index is 5.07. The molecule has 174 valence electrons. The number of carboxylic acids is 1. The Bertz CT molecular complexity index is 589. The van der Waals surface area contributed by atoms with E-state index >= 15 is 0 Å². The number of hydrogen-bond acceptors (Lipinski definition) is 8. The summed E-state index contributed by atoms with van der Waals surface area (Å²) in [5, 5.41) is 26.2. The summed E-state index contributed by atoms with van der Waals surface area (Å²) in [6, 6.07) is -4.54. The van der Waals surface area contributed by atoms with E-state index in [0.717, 1.165) is 6.42 Å². The van der Waals surface area contributed by atoms with Gasteiger partial charge in [-0.25, -0.2) is 4.79 Å². The summed E-state index contributed by atoms with van der Waals surface area (Å²) in [4.78, 5) is 48.4. The second-order valence-electron chi connectivity index (χ2n) is 7.43. The zero-order valence-corrected chi connectivity index (χ0v) is 18.5. The van der Waals surface area contributed by atoms with Crippen LogP contribution in [0.25, 0.3) is 0 Å². The van der Waals surface area contributed by atoms with Crippen molar-refractivity contribution in [3.8, 4) is 0 Å². The first-order chi connectivity index (χ1) is 14.0. The number of aliphatic carboxylic acids is 1. The van der Waals surface area contributed by atoms with Crippen LogP contribution in [0.5, 0.6) is 0 Å². The van der Waals surface area contributed by atoms with Crippen molar-refractivity contribution in [1.82, 2.24) is 16.0 Å². The van der Waals surface area contributed by atoms with E-state index in [0.29, 0.717) is 19.4 Å². The van der Waals surface area contributed by atoms with Crippen LogP contribution in [0, 0.1) is 5.92 Å². The summed E-state index contributed by atoms with van der Waals surface area (Å²) in [6.45, 7) is 4.98. The predicted molar refractivity (Wildman–Crippen MR) is 115 cm³/mol. The molecule has 0 spiro atoms. The summed E-state index contributed by atoms with van der Waals surface area (Å²) in [7, 11) is 0. The van der Waals surface area contributed by atoms with Crippen LogP contribution in [0.2, 0.25) is 0 Å². The van der Waals surface area contributed by atoms with Crippen LogP contribution in [-0.2, 0) is 19.2 Å². The van der Waals surface area contributed by atoms with Gasteiger partial charge in [0.05, 0.1) is 12.1 Å². The van der Waals surface area contributed by atoms with E-state index in [4.69, 9.17) is 11.5 Å². The summed E-state index contributed by atoms with van der Waals surface area (Å²) < 4.78 is 0. The molecule has 0 saturated heterocycles. The number of carboxylic acid groups (broad SMARTS) is 1. The first-order valence-corrected chi connectivity index (χ1v) is 10.5. The largest absolute Gasteiger partial charge is 0.480 e. The molecule has 0 saturated carbocycles. The number of thiol groups is 1. The number of aliphatic hydroxyl groups is 1. The van der Waals surface area contributed by atoms with Crippen molar-refractivity contribution in [1.29, 1.82) is 0 Å². The molecule has 5 unspecified atom stereocenters. The lowest BCUT2D eigenvalue weighted by Crippen LogP contribution is -2.60. The number of nitrogens with two attached hydrogens (primary N) is 2. The van der Waals surface area contributed by atoms with Gasteiger partial charge in [0.2, 0.25) is 17.7 Å². The quantitative estimate of drug-likeness (QED) is 0.109. The number of nitrogens with one attached hydrogen (secondary N) is 3. The molecule has 0 bridgehead atoms. The molecule has 0 aromatic carbocycles. The minimum Gasteiger partial charge on any atom is -0.480 e. The molecule has 9 N–H and O–H groups in total. The number of rotatable bonds is 14. The summed E-state index contributed by atoms with van der Waals surface area (Å²) in [6.07, 6.45) is 0.462. The van der Waals surface area contributed by atoms with E-state index in [2.05, 4.69) is 28.6 Å². The maximum atomic E-state index is 12.5. The maximum Gasteiger partial charge on any atom is 0.326 e. The summed E-state index contributed by atoms with van der Waals surface area (Å²) in [5.74, 6) is -3.90. The number of aliphatic hydroxyl groups excluding tert-OH is 1. The van der Waals surface area contributed by atoms with Gasteiger partial charge in [-0.3, -0.25) is 14.4 Å². The van der Waals surface area contributed by atoms with Crippen molar-refractivity contribution in [2.24, 2.45) is 17.4 Å². The predicted octanol–water partition coefficient (Wildman–Crippen LogP) is -2.05. The van der Waals surface area contributed by atoms with Crippen LogP contribution < -0.4 is 27.4 Å². The molecule has 3 amide bonds. The highest BCUT2D eigenvalue weighted by atomic mass is 32.1. The van der Waals surface area contributed by atoms with Crippen molar-refractivity contribution in [2.45, 2.75) is 70.3 Å². The Morgan fingerprint density at radius 2 is 1.50 bits per heavy atom. The molecule has 0 aromatic heterocycles. The van der Waals surface area contributed by atoms with Crippen LogP contribution in [-0.4, -0.2) is 76.5 Å². The molecule has 5 atom stereocenters. The van der Waals surface area contributed by atoms with Gasteiger partial charge in [-0.2, -0.15) is 12.6 Å². The fraction of sp³-hybridized carbons (Fsp3) is 0.778. The second kappa shape index (κ2) is 14.2. The van der Waals surface area contributed by atoms with Crippen LogP contribution in [0.4, 0.5) is 0 Å². The van der Waals surface area contributed by atoms with E-state index in [1.807, 2.05) is 0 Å². The zero-order chi connectivity index (χ0) is 23.4. The molecule has 0 aromatic rings. The Morgan fingerprint density at radius 1 is 0.933 bits per heavy atom. The number of carbonyl (C=O) groups is 4. The van der Waals surface area contributed by atoms with Gasteiger partial charge in [-0.1, -0.05) is 20.3 Å². The standard InChI is InChI=1S/C18H35N5O6S/c1-9(2)13(18(28)29)22-17(27)14(10(3)24)23-16(26)12(8-30)21-15(25)11(20)6-4-5-7-19/h9-14,24,30H,4-8,19-20H2,1-3H3,(H,21,25)(H,22,27)(H,23,26)(H,28,29). The molecule has 0 aliphatic carbocycles. The van der Waals surface area contributed by atoms with Crippen LogP contribution >= 0.6 is 12.6 Å². The third-order valence-corrected chi connectivity index (χ3v) is 4.78. The van der Waals surface area contributed by atoms with Gasteiger partial charge in [-0.15, -0.1) is 0 Å². The highest BCUT2D eigenvalue weighted by Gasteiger charge is 2.33. The number of hydrogen-bond donors (Lipinski definition) is 8. The van der Waals surface area contributed by atoms with Crippen LogP contribution in [0.3, 0.4) is 0 Å². The van der Waals surface area contributed by atoms with Crippen molar-refractivity contribution in [2.75, 3.05) is 12.3 Å². The first kappa shape index (κ1) is 28.1. The SMILES string of the molecule is CC(C)C(NC(=O)C(NC(=O)C(CS)NC(=O)C(N)CCCCN)C(C)O)C(=O)O. The van der Waals surface area contributed by atoms with E-state index in [9.17, 15) is 29.4 Å². The average molecular weight is 450 g/mol. The lowest BCUT2D eigenvalue weighted by molar-refractivity contribution is -0.144. The molecule has 0 fully saturated rings. The normalized spacial score (nSPS) is 16.1. The molecular weight excluding hydrogens is 414 g/mol. The van der Waals surface area contributed by atoms with Gasteiger partial charge in [-0.05, 0) is 32.2 Å². The van der Waals surface area contributed by atoms with E-state index in [1.165, 1.54) is 6.92 Å². The van der Waals surface area contributed by atoms with Gasteiger partial charge in [0.15, 0.2) is 0 Å². The molecule has 0 radical (unpaired) electrons. The maximum absolute atomic E-state index is 12.5. The Labute approximate surface area is 182 Å². The highest BCUT2D eigenvalue weighted by Crippen LogP contribution is 2.05. The van der Waals surface area contributed by atoms with Gasteiger partial charge >= 0.3 is 5.97 Å². The van der Waals surface area contributed by atoms with Crippen molar-refractivity contribution >= 4 is 36.3 Å². The van der Waals surface area contributed by atoms with Crippen LogP contribution in [0.15, 0.2) is 0 Å². The number of carbonyl (C=O) groups excluding carboxylic acids is 3. The fourth-order valence-corrected chi connectivity index (χ4v) is 2.79. The van der Waals surface area contributed by atoms with Gasteiger partial charge in [0, 0.05) is 5.75 Å². The van der Waals surface area contributed by atoms with Crippen LogP contribution in [0.1, 0.15) is 40.0 Å². The Hall–Kier alpha value is -1.89. The Kier molecular flexibility index (Phi) is 13.3. The van der Waals surface area contributed by atoms with E-state index in [-0.39, 0.29) is 5.75 Å². The van der Waals surface area contributed by atoms with Crippen molar-refractivity contribution in [3.63, 3.8) is 0 Å². The molecule has 30 heavy (non-hydrogen) atoms. The monoisotopic (exact) mass is 449 g/mol. The summed E-state index contributed by atoms with van der Waals surface area (Å²) in [5.41, 5.74) is 11.2. The third-order valence-electron chi connectivity index (χ3n) is 4.41. The van der Waals surface area contributed by atoms with Crippen molar-refractivity contribution in [3.05, 3.63) is 0 Å². The zero-order valence-electron chi connectivity index (χ0n) is 17.6. The molecule has 0 aliphatic heterocycles. The third kappa shape index (κ3) is 9.74. The van der Waals surface area contributed by atoms with Gasteiger partial charge < -0.3 is 37.6 Å². The Morgan fingerprint density at radius 3 is 1.93 bits per heavy atom. The lowest BCUT2D eigenvalue weighted by Gasteiger charge is -2.26. The minimum absolute atomic E-state index is 0.0784. The van der Waals surface area contributed by atoms with E-state index in [1.54, 1.807) is 13.8 Å². The fourth-order valence-electron chi connectivity index (χ4n) is 2.53. The molecule has 0 rings (SSSR count). The van der Waals surface area contributed by atoms with Gasteiger partial charge in [0.1, 0.15) is 18.1 Å². The summed E-state index contributed by atoms with van der Waals surface area (Å²) >= 11 is 4.05. The topological polar surface area (TPSA) is 197 Å². The number of unbranched alkanes of at least 4 members (excludes halogenated alkanes) is 1. The first-order valence-electron chi connectivity index (χ1n) is 9.84. The molecule has 0 aliphatic rings. The smallest absolute Gasteiger partial charge is 0.326 e. The second-order valence-corrected chi connectivity index (χ2v) is 7.80. The lowest BCUT2D eigenvalue weighted by atomic mass is 10.0. The molecule has 0 heterocycles.